The number of carbonyl (C=O) groups is 2. The number of hydrogen-bond acceptors (Lipinski definition) is 3. The Morgan fingerprint density at radius 1 is 1.40 bits per heavy atom. The van der Waals surface area contributed by atoms with Crippen molar-refractivity contribution < 1.29 is 14.7 Å². The molecule has 0 aromatic rings. The first-order valence-corrected chi connectivity index (χ1v) is 2.58. The van der Waals surface area contributed by atoms with Crippen LogP contribution < -0.4 is 5.43 Å². The number of rotatable bonds is 2. The Kier molecular flexibility index (Phi) is 3.10. The Morgan fingerprint density at radius 2 is 1.90 bits per heavy atom. The van der Waals surface area contributed by atoms with Crippen LogP contribution >= 0.6 is 0 Å². The van der Waals surface area contributed by atoms with Crippen LogP contribution in [-0.4, -0.2) is 22.7 Å². The second-order valence-electron chi connectivity index (χ2n) is 1.67. The van der Waals surface area contributed by atoms with Gasteiger partial charge in [-0.1, -0.05) is 0 Å². The highest BCUT2D eigenvalue weighted by Gasteiger charge is 2.00. The molecule has 5 heteroatoms. The fourth-order valence-corrected chi connectivity index (χ4v) is 0.210. The van der Waals surface area contributed by atoms with Gasteiger partial charge >= 0.3 is 5.97 Å². The van der Waals surface area contributed by atoms with Gasteiger partial charge in [0.05, 0.1) is 0 Å². The number of hydrogen-bond donors (Lipinski definition) is 2. The molecule has 0 aliphatic rings. The smallest absolute Gasteiger partial charge is 0.351 e. The third-order valence-corrected chi connectivity index (χ3v) is 0.691. The number of carboxylic acid groups (broad SMARTS) is 1. The fraction of sp³-hybridized carbons (Fsp3) is 0.400. The van der Waals surface area contributed by atoms with Gasteiger partial charge in [-0.25, -0.2) is 10.2 Å². The van der Waals surface area contributed by atoms with Crippen molar-refractivity contribution >= 4 is 17.6 Å². The van der Waals surface area contributed by atoms with Gasteiger partial charge in [0.25, 0.3) is 0 Å². The predicted octanol–water partition coefficient (Wildman–Crippen LogP) is -0.417. The molecule has 0 fully saturated rings. The van der Waals surface area contributed by atoms with E-state index in [9.17, 15) is 9.59 Å². The first-order chi connectivity index (χ1) is 4.54. The zero-order chi connectivity index (χ0) is 8.15. The number of nitrogens with zero attached hydrogens (tertiary/aromatic N) is 1. The maximum absolute atomic E-state index is 10.2. The van der Waals surface area contributed by atoms with Crippen LogP contribution in [0.1, 0.15) is 13.8 Å². The molecule has 0 aliphatic carbocycles. The maximum Gasteiger partial charge on any atom is 0.351 e. The number of carboxylic acids is 1. The molecule has 0 atom stereocenters. The van der Waals surface area contributed by atoms with Gasteiger partial charge in [-0.05, 0) is 6.92 Å². The van der Waals surface area contributed by atoms with Crippen LogP contribution in [0.25, 0.3) is 0 Å². The summed E-state index contributed by atoms with van der Waals surface area (Å²) in [5, 5.41) is 11.5. The van der Waals surface area contributed by atoms with E-state index in [-0.39, 0.29) is 11.6 Å². The van der Waals surface area contributed by atoms with Crippen molar-refractivity contribution in [3.63, 3.8) is 0 Å². The summed E-state index contributed by atoms with van der Waals surface area (Å²) in [5.74, 6) is -1.53. The van der Waals surface area contributed by atoms with Crippen molar-refractivity contribution in [3.8, 4) is 0 Å². The summed E-state index contributed by atoms with van der Waals surface area (Å²) in [4.78, 5) is 20.2. The lowest BCUT2D eigenvalue weighted by Gasteiger charge is -1.92. The second kappa shape index (κ2) is 3.60. The average Bonchev–Trinajstić information content (AvgIpc) is 1.82. The van der Waals surface area contributed by atoms with Gasteiger partial charge in [0.1, 0.15) is 5.71 Å². The molecule has 0 aliphatic heterocycles. The number of hydrazone groups is 1. The van der Waals surface area contributed by atoms with E-state index in [4.69, 9.17) is 5.11 Å². The van der Waals surface area contributed by atoms with Crippen molar-refractivity contribution in [1.82, 2.24) is 5.43 Å². The van der Waals surface area contributed by atoms with Crippen molar-refractivity contribution in [1.29, 1.82) is 0 Å². The normalized spacial score (nSPS) is 10.8. The van der Waals surface area contributed by atoms with Crippen molar-refractivity contribution in [3.05, 3.63) is 0 Å². The third-order valence-electron chi connectivity index (χ3n) is 0.691. The van der Waals surface area contributed by atoms with Crippen LogP contribution in [0.15, 0.2) is 5.10 Å². The molecule has 0 aromatic heterocycles. The maximum atomic E-state index is 10.2. The molecular formula is C5H8N2O3. The topological polar surface area (TPSA) is 78.8 Å². The molecule has 2 N–H and O–H groups in total. The van der Waals surface area contributed by atoms with Gasteiger partial charge in [-0.15, -0.1) is 0 Å². The van der Waals surface area contributed by atoms with Gasteiger partial charge in [-0.2, -0.15) is 5.10 Å². The van der Waals surface area contributed by atoms with Crippen LogP contribution in [-0.2, 0) is 9.59 Å². The van der Waals surface area contributed by atoms with Gasteiger partial charge in [0.2, 0.25) is 5.91 Å². The Hall–Kier alpha value is -1.39. The van der Waals surface area contributed by atoms with E-state index >= 15 is 0 Å². The minimum atomic E-state index is -1.14. The highest BCUT2D eigenvalue weighted by molar-refractivity contribution is 6.34. The highest BCUT2D eigenvalue weighted by atomic mass is 16.4. The Bertz CT molecular complexity index is 185. The van der Waals surface area contributed by atoms with Gasteiger partial charge in [0.15, 0.2) is 0 Å². The van der Waals surface area contributed by atoms with Crippen molar-refractivity contribution in [2.45, 2.75) is 13.8 Å². The van der Waals surface area contributed by atoms with Crippen LogP contribution in [0.3, 0.4) is 0 Å². The minimum Gasteiger partial charge on any atom is -0.477 e. The largest absolute Gasteiger partial charge is 0.477 e. The monoisotopic (exact) mass is 144 g/mol. The minimum absolute atomic E-state index is 0.143. The van der Waals surface area contributed by atoms with Crippen molar-refractivity contribution in [2.24, 2.45) is 5.10 Å². The molecule has 0 spiro atoms. The van der Waals surface area contributed by atoms with Crippen LogP contribution in [0.4, 0.5) is 0 Å². The van der Waals surface area contributed by atoms with E-state index in [0.29, 0.717) is 0 Å². The van der Waals surface area contributed by atoms with E-state index in [2.05, 4.69) is 5.10 Å². The molecule has 0 radical (unpaired) electrons. The standard InChI is InChI=1S/C5H8N2O3/c1-3(5(9)10)6-7-4(2)8/h1-2H3,(H,7,8)(H,9,10). The van der Waals surface area contributed by atoms with E-state index in [0.717, 1.165) is 0 Å². The second-order valence-corrected chi connectivity index (χ2v) is 1.67. The summed E-state index contributed by atoms with van der Waals surface area (Å²) in [6.07, 6.45) is 0. The summed E-state index contributed by atoms with van der Waals surface area (Å²) in [7, 11) is 0. The molecule has 0 saturated heterocycles. The first kappa shape index (κ1) is 8.61. The van der Waals surface area contributed by atoms with E-state index in [1.165, 1.54) is 13.8 Å². The lowest BCUT2D eigenvalue weighted by Crippen LogP contribution is -2.18. The summed E-state index contributed by atoms with van der Waals surface area (Å²) in [5.41, 5.74) is 1.85. The molecule has 0 bridgehead atoms. The number of carbonyl (C=O) groups excluding carboxylic acids is 1. The molecule has 5 nitrogen and oxygen atoms in total. The predicted molar refractivity (Wildman–Crippen MR) is 34.6 cm³/mol. The molecule has 0 aromatic carbocycles. The lowest BCUT2D eigenvalue weighted by molar-refractivity contribution is -0.129. The van der Waals surface area contributed by atoms with Gasteiger partial charge < -0.3 is 5.11 Å². The lowest BCUT2D eigenvalue weighted by atomic mass is 10.4. The van der Waals surface area contributed by atoms with Crippen LogP contribution in [0.2, 0.25) is 0 Å². The Morgan fingerprint density at radius 3 is 2.20 bits per heavy atom. The molecule has 0 heterocycles. The number of aliphatic carboxylic acids is 1. The summed E-state index contributed by atoms with van der Waals surface area (Å²) in [6.45, 7) is 2.54. The third kappa shape index (κ3) is 3.59. The molecule has 10 heavy (non-hydrogen) atoms. The van der Waals surface area contributed by atoms with Gasteiger partial charge in [-0.3, -0.25) is 4.79 Å². The summed E-state index contributed by atoms with van der Waals surface area (Å²) in [6, 6.07) is 0. The van der Waals surface area contributed by atoms with Crippen molar-refractivity contribution in [2.75, 3.05) is 0 Å². The fourth-order valence-electron chi connectivity index (χ4n) is 0.210. The Balaban J connectivity index is 3.92. The zero-order valence-electron chi connectivity index (χ0n) is 5.71. The number of amides is 1. The van der Waals surface area contributed by atoms with E-state index in [1.807, 2.05) is 5.43 Å². The first-order valence-electron chi connectivity index (χ1n) is 2.58. The highest BCUT2D eigenvalue weighted by Crippen LogP contribution is 1.73. The zero-order valence-corrected chi connectivity index (χ0v) is 5.71. The molecule has 1 amide bonds. The summed E-state index contributed by atoms with van der Waals surface area (Å²) >= 11 is 0. The van der Waals surface area contributed by atoms with Gasteiger partial charge in [0, 0.05) is 6.92 Å². The van der Waals surface area contributed by atoms with Crippen LogP contribution in [0.5, 0.6) is 0 Å². The van der Waals surface area contributed by atoms with E-state index < -0.39 is 5.97 Å². The number of nitrogens with one attached hydrogen (secondary N) is 1. The molecule has 0 unspecified atom stereocenters. The molecule has 0 saturated carbocycles. The SMILES string of the molecule is CC(=O)NN=C(C)C(=O)O. The summed E-state index contributed by atoms with van der Waals surface area (Å²) < 4.78 is 0. The van der Waals surface area contributed by atoms with E-state index in [1.54, 1.807) is 0 Å². The molecular weight excluding hydrogens is 136 g/mol. The quantitative estimate of drug-likeness (QED) is 0.408. The average molecular weight is 144 g/mol. The molecule has 56 valence electrons. The Labute approximate surface area is 57.7 Å². The molecule has 0 rings (SSSR count). The van der Waals surface area contributed by atoms with Crippen LogP contribution in [0, 0.1) is 0 Å².